The van der Waals surface area contributed by atoms with Crippen LogP contribution in [0.5, 0.6) is 5.75 Å². The molecule has 2 atom stereocenters. The maximum Gasteiger partial charge on any atom is 0.339 e. The first-order valence-corrected chi connectivity index (χ1v) is 14.3. The van der Waals surface area contributed by atoms with Crippen molar-refractivity contribution in [2.45, 2.75) is 29.9 Å². The van der Waals surface area contributed by atoms with Gasteiger partial charge >= 0.3 is 5.97 Å². The lowest BCUT2D eigenvalue weighted by Crippen LogP contribution is -2.40. The smallest absolute Gasteiger partial charge is 0.339 e. The number of halogens is 1. The van der Waals surface area contributed by atoms with Crippen LogP contribution < -0.4 is 10.1 Å². The van der Waals surface area contributed by atoms with Crippen LogP contribution in [0.3, 0.4) is 0 Å². The fourth-order valence-electron chi connectivity index (χ4n) is 4.91. The molecule has 0 spiro atoms. The van der Waals surface area contributed by atoms with E-state index in [4.69, 9.17) is 14.2 Å². The van der Waals surface area contributed by atoms with Gasteiger partial charge in [0.2, 0.25) is 0 Å². The highest BCUT2D eigenvalue weighted by Crippen LogP contribution is 2.30. The van der Waals surface area contributed by atoms with Gasteiger partial charge < -0.3 is 19.5 Å². The van der Waals surface area contributed by atoms with Crippen LogP contribution in [0.4, 0.5) is 0 Å². The minimum Gasteiger partial charge on any atom is -0.490 e. The van der Waals surface area contributed by atoms with E-state index in [0.717, 1.165) is 30.2 Å². The second-order valence-corrected chi connectivity index (χ2v) is 10.2. The largest absolute Gasteiger partial charge is 0.490 e. The zero-order valence-electron chi connectivity index (χ0n) is 22.0. The van der Waals surface area contributed by atoms with Gasteiger partial charge in [0.1, 0.15) is 19.0 Å². The molecule has 0 saturated carbocycles. The number of esters is 1. The van der Waals surface area contributed by atoms with Crippen molar-refractivity contribution >= 4 is 40.9 Å². The predicted octanol–water partition coefficient (Wildman–Crippen LogP) is 6.88. The van der Waals surface area contributed by atoms with E-state index in [9.17, 15) is 4.79 Å². The summed E-state index contributed by atoms with van der Waals surface area (Å²) in [5, 5.41) is 5.97. The van der Waals surface area contributed by atoms with E-state index in [1.54, 1.807) is 6.07 Å². The standard InChI is InChI=1S/C32H33NO4S.ClH/c1-38-31-9-5-4-8-29(31)32(34)36-19-18-35-27-14-12-25(13-15-27)28-16-17-33-21-30(28)37-22-23-10-11-24-6-2-3-7-26(24)20-23;/h2-15,20,28,30,33H,16-19,21-22H2,1H3;1H. The lowest BCUT2D eigenvalue weighted by Gasteiger charge is -2.32. The number of rotatable bonds is 10. The summed E-state index contributed by atoms with van der Waals surface area (Å²) < 4.78 is 17.7. The first-order valence-electron chi connectivity index (χ1n) is 13.0. The normalized spacial score (nSPS) is 16.8. The lowest BCUT2D eigenvalue weighted by molar-refractivity contribution is 0.0106. The van der Waals surface area contributed by atoms with Crippen molar-refractivity contribution in [3.8, 4) is 5.75 Å². The zero-order valence-corrected chi connectivity index (χ0v) is 23.6. The molecule has 1 N–H and O–H groups in total. The minimum absolute atomic E-state index is 0. The maximum atomic E-state index is 12.4. The van der Waals surface area contributed by atoms with Gasteiger partial charge in [-0.05, 0) is 71.5 Å². The number of piperidine rings is 1. The van der Waals surface area contributed by atoms with E-state index in [2.05, 4.69) is 59.9 Å². The molecule has 1 fully saturated rings. The molecular weight excluding hydrogens is 530 g/mol. The monoisotopic (exact) mass is 563 g/mol. The first-order chi connectivity index (χ1) is 18.7. The second kappa shape index (κ2) is 14.4. The van der Waals surface area contributed by atoms with E-state index in [-0.39, 0.29) is 31.1 Å². The van der Waals surface area contributed by atoms with Gasteiger partial charge in [-0.3, -0.25) is 0 Å². The fourth-order valence-corrected chi connectivity index (χ4v) is 5.50. The van der Waals surface area contributed by atoms with Crippen molar-refractivity contribution in [2.75, 3.05) is 32.6 Å². The van der Waals surface area contributed by atoms with Crippen molar-refractivity contribution in [1.82, 2.24) is 5.32 Å². The molecule has 0 aliphatic carbocycles. The van der Waals surface area contributed by atoms with Crippen LogP contribution in [0.2, 0.25) is 0 Å². The molecule has 204 valence electrons. The average molecular weight is 564 g/mol. The predicted molar refractivity (Wildman–Crippen MR) is 160 cm³/mol. The van der Waals surface area contributed by atoms with Crippen LogP contribution in [-0.4, -0.2) is 44.6 Å². The molecule has 0 bridgehead atoms. The zero-order chi connectivity index (χ0) is 26.2. The van der Waals surface area contributed by atoms with Gasteiger partial charge in [-0.2, -0.15) is 0 Å². The first kappa shape index (κ1) is 29.0. The molecule has 5 rings (SSSR count). The van der Waals surface area contributed by atoms with E-state index in [0.29, 0.717) is 24.7 Å². The van der Waals surface area contributed by atoms with Crippen molar-refractivity contribution < 1.29 is 19.0 Å². The molecule has 5 nitrogen and oxygen atoms in total. The minimum atomic E-state index is -0.325. The molecular formula is C32H34ClNO4S. The highest BCUT2D eigenvalue weighted by atomic mass is 35.5. The highest BCUT2D eigenvalue weighted by molar-refractivity contribution is 7.98. The topological polar surface area (TPSA) is 56.8 Å². The Morgan fingerprint density at radius 2 is 1.69 bits per heavy atom. The summed E-state index contributed by atoms with van der Waals surface area (Å²) in [6, 6.07) is 30.6. The molecule has 4 aromatic rings. The molecule has 1 heterocycles. The number of hydrogen-bond donors (Lipinski definition) is 1. The molecule has 1 aliphatic rings. The number of benzene rings is 4. The number of ether oxygens (including phenoxy) is 3. The van der Waals surface area contributed by atoms with Crippen molar-refractivity contribution in [3.05, 3.63) is 108 Å². The summed E-state index contributed by atoms with van der Waals surface area (Å²) in [5.74, 6) is 0.759. The van der Waals surface area contributed by atoms with Crippen LogP contribution in [0.1, 0.15) is 33.8 Å². The van der Waals surface area contributed by atoms with E-state index < -0.39 is 0 Å². The molecule has 1 saturated heterocycles. The molecule has 0 amide bonds. The quantitative estimate of drug-likeness (QED) is 0.129. The lowest BCUT2D eigenvalue weighted by atomic mass is 9.87. The molecule has 0 radical (unpaired) electrons. The van der Waals surface area contributed by atoms with Crippen LogP contribution >= 0.6 is 24.2 Å². The third-order valence-corrected chi connectivity index (χ3v) is 7.72. The molecule has 39 heavy (non-hydrogen) atoms. The Balaban J connectivity index is 0.00000353. The van der Waals surface area contributed by atoms with Crippen molar-refractivity contribution in [1.29, 1.82) is 0 Å². The maximum absolute atomic E-state index is 12.4. The molecule has 0 aromatic heterocycles. The molecule has 7 heteroatoms. The summed E-state index contributed by atoms with van der Waals surface area (Å²) in [6.07, 6.45) is 3.07. The summed E-state index contributed by atoms with van der Waals surface area (Å²) in [7, 11) is 0. The number of hydrogen-bond acceptors (Lipinski definition) is 6. The van der Waals surface area contributed by atoms with Gasteiger partial charge in [0.25, 0.3) is 0 Å². The Hall–Kier alpha value is -3.03. The van der Waals surface area contributed by atoms with E-state index in [1.807, 2.05) is 36.6 Å². The second-order valence-electron chi connectivity index (χ2n) is 9.38. The van der Waals surface area contributed by atoms with Gasteiger partial charge in [0, 0.05) is 17.4 Å². The Morgan fingerprint density at radius 1 is 0.923 bits per heavy atom. The molecule has 2 unspecified atom stereocenters. The van der Waals surface area contributed by atoms with Gasteiger partial charge in [-0.1, -0.05) is 60.7 Å². The van der Waals surface area contributed by atoms with Gasteiger partial charge in [0.15, 0.2) is 0 Å². The number of carbonyl (C=O) groups excluding carboxylic acids is 1. The van der Waals surface area contributed by atoms with Crippen LogP contribution in [0.25, 0.3) is 10.8 Å². The highest BCUT2D eigenvalue weighted by Gasteiger charge is 2.27. The van der Waals surface area contributed by atoms with Crippen molar-refractivity contribution in [3.63, 3.8) is 0 Å². The number of carbonyl (C=O) groups is 1. The van der Waals surface area contributed by atoms with Gasteiger partial charge in [-0.25, -0.2) is 4.79 Å². The summed E-state index contributed by atoms with van der Waals surface area (Å²) in [4.78, 5) is 13.3. The summed E-state index contributed by atoms with van der Waals surface area (Å²) in [6.45, 7) is 2.90. The Kier molecular flexibility index (Phi) is 10.7. The average Bonchev–Trinajstić information content (AvgIpc) is 2.98. The van der Waals surface area contributed by atoms with E-state index >= 15 is 0 Å². The summed E-state index contributed by atoms with van der Waals surface area (Å²) in [5.41, 5.74) is 3.03. The van der Waals surface area contributed by atoms with Gasteiger partial charge in [0.05, 0.1) is 18.3 Å². The van der Waals surface area contributed by atoms with Crippen LogP contribution in [-0.2, 0) is 16.1 Å². The number of fused-ring (bicyclic) bond motifs is 1. The van der Waals surface area contributed by atoms with Crippen LogP contribution in [0, 0.1) is 0 Å². The van der Waals surface area contributed by atoms with Gasteiger partial charge in [-0.15, -0.1) is 24.2 Å². The summed E-state index contributed by atoms with van der Waals surface area (Å²) >= 11 is 1.53. The van der Waals surface area contributed by atoms with Crippen LogP contribution in [0.15, 0.2) is 95.9 Å². The Morgan fingerprint density at radius 3 is 2.51 bits per heavy atom. The molecule has 4 aromatic carbocycles. The number of thioether (sulfide) groups is 1. The fraction of sp³-hybridized carbons (Fsp3) is 0.281. The Labute approximate surface area is 240 Å². The Bertz CT molecular complexity index is 1360. The third-order valence-electron chi connectivity index (χ3n) is 6.92. The van der Waals surface area contributed by atoms with E-state index in [1.165, 1.54) is 33.7 Å². The third kappa shape index (κ3) is 7.55. The molecule has 1 aliphatic heterocycles. The van der Waals surface area contributed by atoms with Crippen molar-refractivity contribution in [2.24, 2.45) is 0 Å². The number of nitrogens with one attached hydrogen (secondary N) is 1. The SMILES string of the molecule is CSc1ccccc1C(=O)OCCOc1ccc(C2CCNCC2OCc2ccc3ccccc3c2)cc1.Cl.